The van der Waals surface area contributed by atoms with Crippen molar-refractivity contribution >= 4 is 0 Å². The van der Waals surface area contributed by atoms with E-state index in [1.165, 1.54) is 0 Å². The SMILES string of the molecule is C=C(C)[C@](C)(N)C(C)(C)[C@](C)(O)C(=C)C. The average molecular weight is 211 g/mol. The zero-order chi connectivity index (χ0) is 12.7. The van der Waals surface area contributed by atoms with Gasteiger partial charge in [0.15, 0.2) is 0 Å². The van der Waals surface area contributed by atoms with E-state index in [4.69, 9.17) is 5.73 Å². The summed E-state index contributed by atoms with van der Waals surface area (Å²) < 4.78 is 0. The van der Waals surface area contributed by atoms with E-state index in [0.717, 1.165) is 5.57 Å². The Labute approximate surface area is 93.9 Å². The maximum Gasteiger partial charge on any atom is 0.0894 e. The molecular weight excluding hydrogens is 186 g/mol. The van der Waals surface area contributed by atoms with Gasteiger partial charge in [-0.1, -0.05) is 32.6 Å². The first-order chi connectivity index (χ1) is 6.39. The van der Waals surface area contributed by atoms with Crippen LogP contribution < -0.4 is 5.73 Å². The van der Waals surface area contributed by atoms with Crippen LogP contribution in [0.2, 0.25) is 0 Å². The number of hydrogen-bond donors (Lipinski definition) is 2. The molecule has 3 N–H and O–H groups in total. The van der Waals surface area contributed by atoms with Crippen molar-refractivity contribution in [2.75, 3.05) is 0 Å². The molecule has 0 aromatic carbocycles. The highest BCUT2D eigenvalue weighted by atomic mass is 16.3. The molecule has 0 fully saturated rings. The molecule has 0 aliphatic rings. The molecule has 0 aliphatic heterocycles. The molecule has 2 nitrogen and oxygen atoms in total. The highest BCUT2D eigenvalue weighted by Crippen LogP contribution is 2.45. The highest BCUT2D eigenvalue weighted by Gasteiger charge is 2.51. The molecule has 0 rings (SSSR count). The van der Waals surface area contributed by atoms with Gasteiger partial charge < -0.3 is 10.8 Å². The molecule has 0 amide bonds. The minimum atomic E-state index is -1.02. The molecule has 0 heterocycles. The zero-order valence-electron chi connectivity index (χ0n) is 10.9. The third kappa shape index (κ3) is 2.01. The van der Waals surface area contributed by atoms with Crippen LogP contribution in [0, 0.1) is 5.41 Å². The molecule has 0 bridgehead atoms. The first kappa shape index (κ1) is 14.4. The Kier molecular flexibility index (Phi) is 3.61. The van der Waals surface area contributed by atoms with Crippen LogP contribution in [-0.4, -0.2) is 16.2 Å². The maximum absolute atomic E-state index is 10.5. The molecule has 0 saturated carbocycles. The predicted octanol–water partition coefficient (Wildman–Crippen LogP) is 2.63. The van der Waals surface area contributed by atoms with E-state index >= 15 is 0 Å². The van der Waals surface area contributed by atoms with Crippen molar-refractivity contribution < 1.29 is 5.11 Å². The number of rotatable bonds is 4. The van der Waals surface area contributed by atoms with Gasteiger partial charge in [0.1, 0.15) is 0 Å². The summed E-state index contributed by atoms with van der Waals surface area (Å²) in [6, 6.07) is 0. The summed E-state index contributed by atoms with van der Waals surface area (Å²) in [7, 11) is 0. The van der Waals surface area contributed by atoms with Crippen molar-refractivity contribution in [3.63, 3.8) is 0 Å². The summed E-state index contributed by atoms with van der Waals surface area (Å²) in [5.41, 5.74) is 5.64. The van der Waals surface area contributed by atoms with E-state index in [2.05, 4.69) is 13.2 Å². The Morgan fingerprint density at radius 2 is 1.33 bits per heavy atom. The normalized spacial score (nSPS) is 20.3. The molecule has 88 valence electrons. The third-order valence-electron chi connectivity index (χ3n) is 4.23. The van der Waals surface area contributed by atoms with E-state index in [1.807, 2.05) is 34.6 Å². The lowest BCUT2D eigenvalue weighted by Gasteiger charge is -2.51. The smallest absolute Gasteiger partial charge is 0.0894 e. The van der Waals surface area contributed by atoms with Crippen molar-refractivity contribution in [3.05, 3.63) is 24.3 Å². The van der Waals surface area contributed by atoms with Gasteiger partial charge in [-0.05, 0) is 33.3 Å². The largest absolute Gasteiger partial charge is 0.385 e. The molecule has 0 aromatic heterocycles. The molecule has 2 atom stereocenters. The minimum absolute atomic E-state index is 0.530. The molecule has 0 radical (unpaired) electrons. The van der Waals surface area contributed by atoms with Crippen LogP contribution in [0.3, 0.4) is 0 Å². The van der Waals surface area contributed by atoms with Crippen molar-refractivity contribution in [2.24, 2.45) is 11.1 Å². The molecule has 15 heavy (non-hydrogen) atoms. The zero-order valence-corrected chi connectivity index (χ0v) is 10.9. The number of aliphatic hydroxyl groups is 1. The topological polar surface area (TPSA) is 46.2 Å². The lowest BCUT2D eigenvalue weighted by molar-refractivity contribution is -0.0503. The van der Waals surface area contributed by atoms with Gasteiger partial charge in [0.25, 0.3) is 0 Å². The molecule has 0 saturated heterocycles. The van der Waals surface area contributed by atoms with Gasteiger partial charge in [0.2, 0.25) is 0 Å². The monoisotopic (exact) mass is 211 g/mol. The van der Waals surface area contributed by atoms with Crippen molar-refractivity contribution in [2.45, 2.75) is 52.7 Å². The first-order valence-electron chi connectivity index (χ1n) is 5.22. The van der Waals surface area contributed by atoms with Crippen LogP contribution in [0.15, 0.2) is 24.3 Å². The van der Waals surface area contributed by atoms with E-state index in [1.54, 1.807) is 6.92 Å². The second kappa shape index (κ2) is 3.76. The van der Waals surface area contributed by atoms with Gasteiger partial charge in [-0.15, -0.1) is 0 Å². The third-order valence-corrected chi connectivity index (χ3v) is 4.23. The molecule has 0 unspecified atom stereocenters. The Bertz CT molecular complexity index is 257. The maximum atomic E-state index is 10.5. The Morgan fingerprint density at radius 1 is 1.00 bits per heavy atom. The van der Waals surface area contributed by atoms with E-state index in [0.29, 0.717) is 5.57 Å². The average Bonchev–Trinajstić information content (AvgIpc) is 2.02. The van der Waals surface area contributed by atoms with E-state index < -0.39 is 16.6 Å². The lowest BCUT2D eigenvalue weighted by Crippen LogP contribution is -2.61. The minimum Gasteiger partial charge on any atom is -0.385 e. The Hall–Kier alpha value is -0.600. The fourth-order valence-electron chi connectivity index (χ4n) is 1.57. The highest BCUT2D eigenvalue weighted by molar-refractivity contribution is 5.26. The summed E-state index contributed by atoms with van der Waals surface area (Å²) in [5, 5.41) is 10.5. The number of nitrogens with two attached hydrogens (primary N) is 1. The van der Waals surface area contributed by atoms with Gasteiger partial charge in [-0.25, -0.2) is 0 Å². The van der Waals surface area contributed by atoms with Gasteiger partial charge in [0, 0.05) is 11.0 Å². The predicted molar refractivity (Wildman–Crippen MR) is 66.6 cm³/mol. The van der Waals surface area contributed by atoms with Crippen LogP contribution in [0.1, 0.15) is 41.5 Å². The summed E-state index contributed by atoms with van der Waals surface area (Å²) in [4.78, 5) is 0. The van der Waals surface area contributed by atoms with Crippen LogP contribution in [0.25, 0.3) is 0 Å². The first-order valence-corrected chi connectivity index (χ1v) is 5.22. The van der Waals surface area contributed by atoms with E-state index in [9.17, 15) is 5.11 Å². The van der Waals surface area contributed by atoms with Crippen LogP contribution in [0.4, 0.5) is 0 Å². The Morgan fingerprint density at radius 3 is 1.53 bits per heavy atom. The van der Waals surface area contributed by atoms with Crippen LogP contribution in [0.5, 0.6) is 0 Å². The van der Waals surface area contributed by atoms with Crippen molar-refractivity contribution in [1.82, 2.24) is 0 Å². The van der Waals surface area contributed by atoms with Gasteiger partial charge >= 0.3 is 0 Å². The molecule has 0 aliphatic carbocycles. The second-order valence-corrected chi connectivity index (χ2v) is 5.46. The molecule has 0 aromatic rings. The van der Waals surface area contributed by atoms with Crippen molar-refractivity contribution in [1.29, 1.82) is 0 Å². The molecular formula is C13H25NO. The van der Waals surface area contributed by atoms with Gasteiger partial charge in [0.05, 0.1) is 5.60 Å². The molecule has 0 spiro atoms. The fraction of sp³-hybridized carbons (Fsp3) is 0.692. The quantitative estimate of drug-likeness (QED) is 0.702. The molecule has 2 heteroatoms. The van der Waals surface area contributed by atoms with Gasteiger partial charge in [-0.3, -0.25) is 0 Å². The summed E-state index contributed by atoms with van der Waals surface area (Å²) in [6.07, 6.45) is 0. The standard InChI is InChI=1S/C13H25NO/c1-9(2)12(7,14)11(5,6)13(8,15)10(3)4/h15H,1,3,14H2,2,4-8H3/t12-,13+/m0/s1. The van der Waals surface area contributed by atoms with Crippen molar-refractivity contribution in [3.8, 4) is 0 Å². The fourth-order valence-corrected chi connectivity index (χ4v) is 1.57. The summed E-state index contributed by atoms with van der Waals surface area (Å²) >= 11 is 0. The Balaban J connectivity index is 5.50. The summed E-state index contributed by atoms with van der Waals surface area (Å²) in [6.45, 7) is 19.0. The van der Waals surface area contributed by atoms with Crippen LogP contribution in [-0.2, 0) is 0 Å². The number of hydrogen-bond acceptors (Lipinski definition) is 2. The second-order valence-electron chi connectivity index (χ2n) is 5.46. The van der Waals surface area contributed by atoms with Gasteiger partial charge in [-0.2, -0.15) is 0 Å². The van der Waals surface area contributed by atoms with Crippen LogP contribution >= 0.6 is 0 Å². The summed E-state index contributed by atoms with van der Waals surface area (Å²) in [5.74, 6) is 0. The van der Waals surface area contributed by atoms with E-state index in [-0.39, 0.29) is 0 Å². The lowest BCUT2D eigenvalue weighted by atomic mass is 9.59.